The lowest BCUT2D eigenvalue weighted by molar-refractivity contribution is 0.210. The molecule has 6 heteroatoms. The van der Waals surface area contributed by atoms with Gasteiger partial charge in [-0.05, 0) is 44.1 Å². The molecule has 1 fully saturated rings. The smallest absolute Gasteiger partial charge is 0.268 e. The first kappa shape index (κ1) is 16.6. The van der Waals surface area contributed by atoms with E-state index in [1.807, 2.05) is 0 Å². The summed E-state index contributed by atoms with van der Waals surface area (Å²) in [7, 11) is 1.49. The quantitative estimate of drug-likeness (QED) is 0.864. The van der Waals surface area contributed by atoms with Crippen LogP contribution in [0.15, 0.2) is 35.1 Å². The first-order valence-electron chi connectivity index (χ1n) is 8.32. The predicted octanol–water partition coefficient (Wildman–Crippen LogP) is 2.89. The van der Waals surface area contributed by atoms with E-state index in [0.29, 0.717) is 23.7 Å². The van der Waals surface area contributed by atoms with Gasteiger partial charge in [0.25, 0.3) is 5.56 Å². The van der Waals surface area contributed by atoms with Gasteiger partial charge in [0.1, 0.15) is 11.6 Å². The Morgan fingerprint density at radius 3 is 2.54 bits per heavy atom. The van der Waals surface area contributed by atoms with Gasteiger partial charge in [-0.3, -0.25) is 9.69 Å². The Bertz CT molecular complexity index is 752. The van der Waals surface area contributed by atoms with Crippen LogP contribution in [0.25, 0.3) is 11.3 Å². The summed E-state index contributed by atoms with van der Waals surface area (Å²) in [5.74, 6) is 0.0379. The van der Waals surface area contributed by atoms with E-state index in [-0.39, 0.29) is 5.56 Å². The number of rotatable bonds is 4. The highest BCUT2D eigenvalue weighted by atomic mass is 19.1. The molecule has 1 aromatic carbocycles. The lowest BCUT2D eigenvalue weighted by Crippen LogP contribution is -2.34. The van der Waals surface area contributed by atoms with E-state index in [1.165, 1.54) is 36.8 Å². The SMILES string of the molecule is COc1ccc(-c2ccc(=O)n(CN3CCCCCC3)n2)c(F)c1. The molecule has 0 N–H and O–H groups in total. The van der Waals surface area contributed by atoms with Gasteiger partial charge in [0.15, 0.2) is 0 Å². The van der Waals surface area contributed by atoms with Gasteiger partial charge in [-0.25, -0.2) is 9.07 Å². The Balaban J connectivity index is 1.87. The molecule has 3 rings (SSSR count). The van der Waals surface area contributed by atoms with Gasteiger partial charge in [-0.1, -0.05) is 12.8 Å². The zero-order chi connectivity index (χ0) is 16.9. The fourth-order valence-corrected chi connectivity index (χ4v) is 2.99. The van der Waals surface area contributed by atoms with Crippen molar-refractivity contribution < 1.29 is 9.13 Å². The lowest BCUT2D eigenvalue weighted by Gasteiger charge is -2.20. The molecule has 0 amide bonds. The van der Waals surface area contributed by atoms with Crippen molar-refractivity contribution in [1.29, 1.82) is 0 Å². The number of halogens is 1. The van der Waals surface area contributed by atoms with Gasteiger partial charge < -0.3 is 4.74 Å². The van der Waals surface area contributed by atoms with Crippen molar-refractivity contribution in [2.45, 2.75) is 32.4 Å². The standard InChI is InChI=1S/C18H22FN3O2/c1-24-14-6-7-15(16(19)12-14)17-8-9-18(23)22(20-17)13-21-10-4-2-3-5-11-21/h6-9,12H,2-5,10-11,13H2,1H3. The van der Waals surface area contributed by atoms with E-state index < -0.39 is 5.82 Å². The van der Waals surface area contributed by atoms with Gasteiger partial charge >= 0.3 is 0 Å². The molecule has 0 unspecified atom stereocenters. The molecular weight excluding hydrogens is 309 g/mol. The van der Waals surface area contributed by atoms with Crippen molar-refractivity contribution in [2.24, 2.45) is 0 Å². The van der Waals surface area contributed by atoms with E-state index in [4.69, 9.17) is 4.74 Å². The lowest BCUT2D eigenvalue weighted by atomic mass is 10.1. The fourth-order valence-electron chi connectivity index (χ4n) is 2.99. The summed E-state index contributed by atoms with van der Waals surface area (Å²) in [4.78, 5) is 14.3. The van der Waals surface area contributed by atoms with Crippen LogP contribution in [-0.4, -0.2) is 34.9 Å². The van der Waals surface area contributed by atoms with Crippen LogP contribution in [0, 0.1) is 5.82 Å². The third kappa shape index (κ3) is 3.82. The largest absolute Gasteiger partial charge is 0.497 e. The second-order valence-electron chi connectivity index (χ2n) is 6.08. The summed E-state index contributed by atoms with van der Waals surface area (Å²) in [6, 6.07) is 7.64. The van der Waals surface area contributed by atoms with Gasteiger partial charge in [-0.2, -0.15) is 5.10 Å². The molecule has 5 nitrogen and oxygen atoms in total. The zero-order valence-electron chi connectivity index (χ0n) is 13.9. The third-order valence-corrected chi connectivity index (χ3v) is 4.35. The molecular formula is C18H22FN3O2. The number of benzene rings is 1. The molecule has 0 atom stereocenters. The number of hydrogen-bond acceptors (Lipinski definition) is 4. The summed E-state index contributed by atoms with van der Waals surface area (Å²) in [5, 5.41) is 4.37. The Labute approximate surface area is 140 Å². The van der Waals surface area contributed by atoms with Crippen molar-refractivity contribution in [3.63, 3.8) is 0 Å². The molecule has 0 radical (unpaired) electrons. The molecule has 2 heterocycles. The van der Waals surface area contributed by atoms with Crippen LogP contribution in [-0.2, 0) is 6.67 Å². The van der Waals surface area contributed by atoms with E-state index in [2.05, 4.69) is 10.00 Å². The number of nitrogens with zero attached hydrogens (tertiary/aromatic N) is 3. The molecule has 24 heavy (non-hydrogen) atoms. The van der Waals surface area contributed by atoms with E-state index in [1.54, 1.807) is 18.2 Å². The first-order chi connectivity index (χ1) is 11.7. The minimum Gasteiger partial charge on any atom is -0.497 e. The summed E-state index contributed by atoms with van der Waals surface area (Å²) in [5.41, 5.74) is 0.641. The van der Waals surface area contributed by atoms with Crippen LogP contribution in [0.5, 0.6) is 5.75 Å². The summed E-state index contributed by atoms with van der Waals surface area (Å²) < 4.78 is 20.7. The van der Waals surface area contributed by atoms with Crippen LogP contribution in [0.3, 0.4) is 0 Å². The second kappa shape index (κ2) is 7.57. The number of likely N-dealkylation sites (tertiary alicyclic amines) is 1. The minimum atomic E-state index is -0.415. The highest BCUT2D eigenvalue weighted by Gasteiger charge is 2.13. The van der Waals surface area contributed by atoms with Gasteiger partial charge in [0.05, 0.1) is 19.5 Å². The van der Waals surface area contributed by atoms with Crippen molar-refractivity contribution in [3.8, 4) is 17.0 Å². The molecule has 0 bridgehead atoms. The highest BCUT2D eigenvalue weighted by Crippen LogP contribution is 2.24. The maximum atomic E-state index is 14.2. The van der Waals surface area contributed by atoms with Crippen molar-refractivity contribution in [2.75, 3.05) is 20.2 Å². The van der Waals surface area contributed by atoms with Crippen molar-refractivity contribution in [1.82, 2.24) is 14.7 Å². The molecule has 1 saturated heterocycles. The fraction of sp³-hybridized carbons (Fsp3) is 0.444. The molecule has 2 aromatic rings. The number of aromatic nitrogens is 2. The Kier molecular flexibility index (Phi) is 5.25. The van der Waals surface area contributed by atoms with Gasteiger partial charge in [0.2, 0.25) is 0 Å². The van der Waals surface area contributed by atoms with E-state index in [9.17, 15) is 9.18 Å². The molecule has 1 aliphatic rings. The highest BCUT2D eigenvalue weighted by molar-refractivity contribution is 5.60. The second-order valence-corrected chi connectivity index (χ2v) is 6.08. The monoisotopic (exact) mass is 331 g/mol. The maximum absolute atomic E-state index is 14.2. The predicted molar refractivity (Wildman–Crippen MR) is 90.5 cm³/mol. The van der Waals surface area contributed by atoms with E-state index >= 15 is 0 Å². The van der Waals surface area contributed by atoms with Crippen LogP contribution in [0.1, 0.15) is 25.7 Å². The molecule has 128 valence electrons. The summed E-state index contributed by atoms with van der Waals surface area (Å²) >= 11 is 0. The summed E-state index contributed by atoms with van der Waals surface area (Å²) in [6.07, 6.45) is 4.74. The van der Waals surface area contributed by atoms with Crippen molar-refractivity contribution >= 4 is 0 Å². The number of methoxy groups -OCH3 is 1. The Morgan fingerprint density at radius 1 is 1.12 bits per heavy atom. The average molecular weight is 331 g/mol. The topological polar surface area (TPSA) is 47.4 Å². The number of hydrogen-bond donors (Lipinski definition) is 0. The average Bonchev–Trinajstić information content (AvgIpc) is 2.85. The van der Waals surface area contributed by atoms with Gasteiger partial charge in [0, 0.05) is 17.7 Å². The normalized spacial score (nSPS) is 15.9. The summed E-state index contributed by atoms with van der Waals surface area (Å²) in [6.45, 7) is 2.38. The van der Waals surface area contributed by atoms with Crippen LogP contribution in [0.2, 0.25) is 0 Å². The third-order valence-electron chi connectivity index (χ3n) is 4.35. The zero-order valence-corrected chi connectivity index (χ0v) is 13.9. The Morgan fingerprint density at radius 2 is 1.88 bits per heavy atom. The van der Waals surface area contributed by atoms with Crippen LogP contribution >= 0.6 is 0 Å². The van der Waals surface area contributed by atoms with Crippen LogP contribution in [0.4, 0.5) is 4.39 Å². The van der Waals surface area contributed by atoms with Crippen molar-refractivity contribution in [3.05, 3.63) is 46.5 Å². The molecule has 0 aliphatic carbocycles. The minimum absolute atomic E-state index is 0.170. The molecule has 0 saturated carbocycles. The molecule has 0 spiro atoms. The van der Waals surface area contributed by atoms with E-state index in [0.717, 1.165) is 25.9 Å². The number of ether oxygens (including phenoxy) is 1. The molecule has 1 aromatic heterocycles. The Hall–Kier alpha value is -2.21. The van der Waals surface area contributed by atoms with Gasteiger partial charge in [-0.15, -0.1) is 0 Å². The first-order valence-corrected chi connectivity index (χ1v) is 8.32. The molecule has 1 aliphatic heterocycles. The van der Waals surface area contributed by atoms with Crippen LogP contribution < -0.4 is 10.3 Å². The maximum Gasteiger partial charge on any atom is 0.268 e.